The van der Waals surface area contributed by atoms with Crippen molar-refractivity contribution in [1.82, 2.24) is 0 Å². The van der Waals surface area contributed by atoms with E-state index < -0.39 is 12.6 Å². The minimum Gasteiger partial charge on any atom is -0.507 e. The molecule has 0 saturated heterocycles. The van der Waals surface area contributed by atoms with Crippen LogP contribution in [0.15, 0.2) is 42.5 Å². The van der Waals surface area contributed by atoms with Crippen molar-refractivity contribution in [3.8, 4) is 23.0 Å². The Morgan fingerprint density at radius 3 is 2.17 bits per heavy atom. The van der Waals surface area contributed by atoms with Crippen molar-refractivity contribution < 1.29 is 38.8 Å². The summed E-state index contributed by atoms with van der Waals surface area (Å²) < 4.78 is 17.0. The molecule has 0 saturated carbocycles. The summed E-state index contributed by atoms with van der Waals surface area (Å²) >= 11 is 0. The van der Waals surface area contributed by atoms with E-state index in [4.69, 9.17) is 19.3 Å². The number of Topliss-reactive ketones (excluding diaryl/α,β-unsaturated/α-hetero) is 2. The van der Waals surface area contributed by atoms with E-state index in [9.17, 15) is 19.5 Å². The fourth-order valence-corrected chi connectivity index (χ4v) is 3.95. The van der Waals surface area contributed by atoms with Crippen LogP contribution in [0.25, 0.3) is 10.8 Å². The van der Waals surface area contributed by atoms with Gasteiger partial charge < -0.3 is 24.4 Å². The van der Waals surface area contributed by atoms with E-state index in [0.717, 1.165) is 11.8 Å². The molecule has 0 atom stereocenters. The number of aliphatic carboxylic acids is 1. The second kappa shape index (κ2) is 12.1. The Morgan fingerprint density at radius 2 is 1.53 bits per heavy atom. The lowest BCUT2D eigenvalue weighted by Crippen LogP contribution is -2.10. The van der Waals surface area contributed by atoms with Crippen LogP contribution in [-0.2, 0) is 11.2 Å². The highest BCUT2D eigenvalue weighted by Crippen LogP contribution is 2.34. The third kappa shape index (κ3) is 6.33. The fraction of sp³-hybridized carbons (Fsp3) is 0.321. The molecule has 0 spiro atoms. The van der Waals surface area contributed by atoms with Gasteiger partial charge in [0.2, 0.25) is 0 Å². The summed E-state index contributed by atoms with van der Waals surface area (Å²) in [5, 5.41) is 20.7. The van der Waals surface area contributed by atoms with Gasteiger partial charge in [0.1, 0.15) is 23.0 Å². The van der Waals surface area contributed by atoms with Crippen molar-refractivity contribution in [3.05, 3.63) is 59.2 Å². The zero-order valence-corrected chi connectivity index (χ0v) is 20.6. The standard InChI is InChI=1S/C28H30O8/c1-4-6-22-24(12-10-21(17(2)29)28(22)33)34-13-5-14-35-25-11-8-19-7-9-20(36-16-26(31)32)15-23(19)27(25)18(3)30/h7-12,15,33H,4-6,13-14,16H2,1-3H3,(H,31,32). The minimum absolute atomic E-state index is 0.0351. The summed E-state index contributed by atoms with van der Waals surface area (Å²) in [4.78, 5) is 35.0. The molecule has 0 fully saturated rings. The zero-order chi connectivity index (χ0) is 26.2. The first-order chi connectivity index (χ1) is 17.2. The summed E-state index contributed by atoms with van der Waals surface area (Å²) in [5.41, 5.74) is 1.28. The molecule has 3 rings (SSSR count). The summed E-state index contributed by atoms with van der Waals surface area (Å²) in [5.74, 6) is -0.224. The maximum Gasteiger partial charge on any atom is 0.341 e. The van der Waals surface area contributed by atoms with Gasteiger partial charge in [-0.25, -0.2) is 4.79 Å². The molecule has 0 aromatic heterocycles. The highest BCUT2D eigenvalue weighted by molar-refractivity contribution is 6.09. The molecule has 3 aromatic rings. The predicted octanol–water partition coefficient (Wildman–Crippen LogP) is 5.21. The van der Waals surface area contributed by atoms with Gasteiger partial charge in [-0.3, -0.25) is 9.59 Å². The Bertz CT molecular complexity index is 1280. The third-order valence-corrected chi connectivity index (χ3v) is 5.59. The Labute approximate surface area is 209 Å². The van der Waals surface area contributed by atoms with Crippen molar-refractivity contribution >= 4 is 28.3 Å². The van der Waals surface area contributed by atoms with E-state index in [-0.39, 0.29) is 29.5 Å². The van der Waals surface area contributed by atoms with Crippen LogP contribution in [0.2, 0.25) is 0 Å². The van der Waals surface area contributed by atoms with Crippen LogP contribution >= 0.6 is 0 Å². The van der Waals surface area contributed by atoms with Gasteiger partial charge in [0.15, 0.2) is 18.2 Å². The first kappa shape index (κ1) is 26.5. The largest absolute Gasteiger partial charge is 0.507 e. The molecule has 2 N–H and O–H groups in total. The number of hydrogen-bond donors (Lipinski definition) is 2. The van der Waals surface area contributed by atoms with Gasteiger partial charge in [0, 0.05) is 12.0 Å². The number of ketones is 2. The van der Waals surface area contributed by atoms with Crippen LogP contribution < -0.4 is 14.2 Å². The maximum absolute atomic E-state index is 12.5. The lowest BCUT2D eigenvalue weighted by Gasteiger charge is -2.16. The number of rotatable bonds is 13. The normalized spacial score (nSPS) is 10.8. The zero-order valence-electron chi connectivity index (χ0n) is 20.6. The average Bonchev–Trinajstić information content (AvgIpc) is 2.83. The molecule has 36 heavy (non-hydrogen) atoms. The molecule has 3 aromatic carbocycles. The number of aromatic hydroxyl groups is 1. The monoisotopic (exact) mass is 494 g/mol. The fourth-order valence-electron chi connectivity index (χ4n) is 3.95. The Balaban J connectivity index is 1.69. The number of ether oxygens (including phenoxy) is 3. The molecular formula is C28H30O8. The minimum atomic E-state index is -1.09. The molecule has 0 aliphatic carbocycles. The van der Waals surface area contributed by atoms with Gasteiger partial charge in [0.25, 0.3) is 0 Å². The van der Waals surface area contributed by atoms with E-state index >= 15 is 0 Å². The number of fused-ring (bicyclic) bond motifs is 1. The number of phenolic OH excluding ortho intramolecular Hbond substituents is 1. The number of carboxylic acid groups (broad SMARTS) is 1. The second-order valence-electron chi connectivity index (χ2n) is 8.36. The van der Waals surface area contributed by atoms with Gasteiger partial charge in [-0.05, 0) is 61.4 Å². The summed E-state index contributed by atoms with van der Waals surface area (Å²) in [7, 11) is 0. The van der Waals surface area contributed by atoms with Gasteiger partial charge in [-0.2, -0.15) is 0 Å². The van der Waals surface area contributed by atoms with Crippen LogP contribution in [0.3, 0.4) is 0 Å². The summed E-state index contributed by atoms with van der Waals surface area (Å²) in [6.45, 7) is 4.95. The maximum atomic E-state index is 12.5. The number of carbonyl (C=O) groups excluding carboxylic acids is 2. The highest BCUT2D eigenvalue weighted by atomic mass is 16.5. The van der Waals surface area contributed by atoms with E-state index in [0.29, 0.717) is 53.2 Å². The highest BCUT2D eigenvalue weighted by Gasteiger charge is 2.17. The molecule has 0 aliphatic rings. The van der Waals surface area contributed by atoms with Gasteiger partial charge in [-0.15, -0.1) is 0 Å². The van der Waals surface area contributed by atoms with Gasteiger partial charge in [-0.1, -0.05) is 25.5 Å². The van der Waals surface area contributed by atoms with Crippen LogP contribution in [0, 0.1) is 0 Å². The number of benzene rings is 3. The average molecular weight is 495 g/mol. The van der Waals surface area contributed by atoms with Crippen LogP contribution in [0.5, 0.6) is 23.0 Å². The molecule has 8 heteroatoms. The molecule has 0 unspecified atom stereocenters. The number of carboxylic acids is 1. The Kier molecular flexibility index (Phi) is 8.89. The molecule has 8 nitrogen and oxygen atoms in total. The number of carbonyl (C=O) groups is 3. The van der Waals surface area contributed by atoms with Crippen molar-refractivity contribution in [3.63, 3.8) is 0 Å². The topological polar surface area (TPSA) is 119 Å². The van der Waals surface area contributed by atoms with E-state index in [1.54, 1.807) is 36.4 Å². The van der Waals surface area contributed by atoms with Crippen molar-refractivity contribution in [2.45, 2.75) is 40.0 Å². The summed E-state index contributed by atoms with van der Waals surface area (Å²) in [6, 6.07) is 11.9. The first-order valence-corrected chi connectivity index (χ1v) is 11.8. The van der Waals surface area contributed by atoms with E-state index in [1.807, 2.05) is 13.0 Å². The van der Waals surface area contributed by atoms with Crippen LogP contribution in [0.1, 0.15) is 59.9 Å². The van der Waals surface area contributed by atoms with Crippen molar-refractivity contribution in [2.75, 3.05) is 19.8 Å². The Hall–Kier alpha value is -4.07. The Morgan fingerprint density at radius 1 is 0.861 bits per heavy atom. The van der Waals surface area contributed by atoms with Crippen LogP contribution in [-0.4, -0.2) is 47.6 Å². The van der Waals surface area contributed by atoms with E-state index in [2.05, 4.69) is 0 Å². The second-order valence-corrected chi connectivity index (χ2v) is 8.36. The predicted molar refractivity (Wildman–Crippen MR) is 135 cm³/mol. The molecule has 0 radical (unpaired) electrons. The van der Waals surface area contributed by atoms with E-state index in [1.165, 1.54) is 13.8 Å². The summed E-state index contributed by atoms with van der Waals surface area (Å²) in [6.07, 6.45) is 1.88. The number of phenols is 1. The van der Waals surface area contributed by atoms with Crippen molar-refractivity contribution in [1.29, 1.82) is 0 Å². The molecular weight excluding hydrogens is 464 g/mol. The number of hydrogen-bond acceptors (Lipinski definition) is 7. The molecule has 0 heterocycles. The third-order valence-electron chi connectivity index (χ3n) is 5.59. The molecule has 0 aliphatic heterocycles. The first-order valence-electron chi connectivity index (χ1n) is 11.8. The molecule has 0 bridgehead atoms. The lowest BCUT2D eigenvalue weighted by molar-refractivity contribution is -0.139. The van der Waals surface area contributed by atoms with Crippen LogP contribution in [0.4, 0.5) is 0 Å². The van der Waals surface area contributed by atoms with Gasteiger partial charge in [0.05, 0.1) is 24.3 Å². The quantitative estimate of drug-likeness (QED) is 0.245. The van der Waals surface area contributed by atoms with Crippen molar-refractivity contribution in [2.24, 2.45) is 0 Å². The lowest BCUT2D eigenvalue weighted by atomic mass is 10.0. The molecule has 0 amide bonds. The SMILES string of the molecule is CCCc1c(OCCCOc2ccc3ccc(OCC(=O)O)cc3c2C(C)=O)ccc(C(C)=O)c1O. The van der Waals surface area contributed by atoms with Gasteiger partial charge >= 0.3 is 5.97 Å². The molecule has 190 valence electrons. The smallest absolute Gasteiger partial charge is 0.341 e.